The first-order chi connectivity index (χ1) is 9.52. The van der Waals surface area contributed by atoms with Crippen LogP contribution >= 0.6 is 0 Å². The van der Waals surface area contributed by atoms with E-state index in [0.717, 1.165) is 5.56 Å². The molecule has 20 heavy (non-hydrogen) atoms. The number of benzene rings is 1. The molecule has 0 heterocycles. The van der Waals surface area contributed by atoms with E-state index in [4.69, 9.17) is 9.47 Å². The van der Waals surface area contributed by atoms with E-state index in [2.05, 4.69) is 10.6 Å². The number of amides is 2. The molecule has 112 valence electrons. The molecule has 0 spiro atoms. The van der Waals surface area contributed by atoms with Crippen molar-refractivity contribution in [2.24, 2.45) is 0 Å². The molecule has 0 aliphatic heterocycles. The Kier molecular flexibility index (Phi) is 6.72. The molecule has 0 atom stereocenters. The number of nitrogens with one attached hydrogen (secondary N) is 2. The SMILES string of the molecule is COCCNC(=O)Nc1ccc(C)c(OCC(F)F)c1. The molecule has 0 saturated heterocycles. The van der Waals surface area contributed by atoms with Gasteiger partial charge in [-0.1, -0.05) is 6.07 Å². The molecule has 0 bridgehead atoms. The van der Waals surface area contributed by atoms with Crippen molar-refractivity contribution < 1.29 is 23.0 Å². The van der Waals surface area contributed by atoms with Crippen LogP contribution in [0.3, 0.4) is 0 Å². The van der Waals surface area contributed by atoms with Gasteiger partial charge in [-0.15, -0.1) is 0 Å². The van der Waals surface area contributed by atoms with Crippen LogP contribution in [0.25, 0.3) is 0 Å². The Morgan fingerprint density at radius 1 is 1.40 bits per heavy atom. The molecule has 0 radical (unpaired) electrons. The number of anilines is 1. The van der Waals surface area contributed by atoms with Gasteiger partial charge in [-0.05, 0) is 18.6 Å². The number of methoxy groups -OCH3 is 1. The van der Waals surface area contributed by atoms with Gasteiger partial charge in [-0.3, -0.25) is 0 Å². The third-order valence-electron chi connectivity index (χ3n) is 2.40. The van der Waals surface area contributed by atoms with Crippen molar-refractivity contribution in [2.75, 3.05) is 32.2 Å². The largest absolute Gasteiger partial charge is 0.487 e. The summed E-state index contributed by atoms with van der Waals surface area (Å²) in [5.41, 5.74) is 1.19. The number of carbonyl (C=O) groups excluding carboxylic acids is 1. The van der Waals surface area contributed by atoms with Crippen LogP contribution in [-0.2, 0) is 4.74 Å². The summed E-state index contributed by atoms with van der Waals surface area (Å²) in [5.74, 6) is 0.319. The summed E-state index contributed by atoms with van der Waals surface area (Å²) >= 11 is 0. The van der Waals surface area contributed by atoms with E-state index < -0.39 is 19.1 Å². The van der Waals surface area contributed by atoms with Gasteiger partial charge in [-0.25, -0.2) is 13.6 Å². The summed E-state index contributed by atoms with van der Waals surface area (Å²) in [7, 11) is 1.53. The fraction of sp³-hybridized carbons (Fsp3) is 0.462. The van der Waals surface area contributed by atoms with Crippen molar-refractivity contribution in [1.29, 1.82) is 0 Å². The summed E-state index contributed by atoms with van der Waals surface area (Å²) in [6.45, 7) is 1.85. The molecule has 0 unspecified atom stereocenters. The van der Waals surface area contributed by atoms with Gasteiger partial charge in [-0.2, -0.15) is 0 Å². The molecular formula is C13H18F2N2O3. The number of alkyl halides is 2. The fourth-order valence-electron chi connectivity index (χ4n) is 1.43. The van der Waals surface area contributed by atoms with Crippen molar-refractivity contribution in [3.05, 3.63) is 23.8 Å². The van der Waals surface area contributed by atoms with E-state index >= 15 is 0 Å². The van der Waals surface area contributed by atoms with Crippen LogP contribution in [0.5, 0.6) is 5.75 Å². The Hall–Kier alpha value is -1.89. The zero-order valence-electron chi connectivity index (χ0n) is 11.4. The molecule has 1 rings (SSSR count). The Morgan fingerprint density at radius 2 is 2.15 bits per heavy atom. The van der Waals surface area contributed by atoms with Gasteiger partial charge in [0, 0.05) is 25.4 Å². The van der Waals surface area contributed by atoms with E-state index in [1.54, 1.807) is 19.1 Å². The molecule has 7 heteroatoms. The highest BCUT2D eigenvalue weighted by Gasteiger charge is 2.08. The maximum atomic E-state index is 12.1. The average Bonchev–Trinajstić information content (AvgIpc) is 2.39. The topological polar surface area (TPSA) is 59.6 Å². The molecule has 1 aromatic carbocycles. The zero-order chi connectivity index (χ0) is 15.0. The maximum Gasteiger partial charge on any atom is 0.319 e. The molecule has 5 nitrogen and oxygen atoms in total. The van der Waals surface area contributed by atoms with Crippen molar-refractivity contribution in [3.8, 4) is 5.75 Å². The second kappa shape index (κ2) is 8.31. The van der Waals surface area contributed by atoms with Gasteiger partial charge < -0.3 is 20.1 Å². The molecule has 2 N–H and O–H groups in total. The number of ether oxygens (including phenoxy) is 2. The second-order valence-corrected chi connectivity index (χ2v) is 4.06. The Bertz CT molecular complexity index is 442. The molecule has 0 aliphatic carbocycles. The van der Waals surface area contributed by atoms with Crippen LogP contribution in [-0.4, -0.2) is 39.3 Å². The second-order valence-electron chi connectivity index (χ2n) is 4.06. The number of hydrogen-bond acceptors (Lipinski definition) is 3. The molecular weight excluding hydrogens is 270 g/mol. The Morgan fingerprint density at radius 3 is 2.80 bits per heavy atom. The van der Waals surface area contributed by atoms with Gasteiger partial charge in [0.1, 0.15) is 12.4 Å². The normalized spacial score (nSPS) is 10.4. The van der Waals surface area contributed by atoms with Crippen molar-refractivity contribution in [3.63, 3.8) is 0 Å². The predicted molar refractivity (Wildman–Crippen MR) is 71.6 cm³/mol. The number of urea groups is 1. The van der Waals surface area contributed by atoms with E-state index in [1.165, 1.54) is 13.2 Å². The van der Waals surface area contributed by atoms with E-state index in [1.807, 2.05) is 0 Å². The smallest absolute Gasteiger partial charge is 0.319 e. The first-order valence-corrected chi connectivity index (χ1v) is 6.08. The van der Waals surface area contributed by atoms with Crippen molar-refractivity contribution in [2.45, 2.75) is 13.3 Å². The van der Waals surface area contributed by atoms with Crippen LogP contribution in [0, 0.1) is 6.92 Å². The Labute approximate surface area is 116 Å². The van der Waals surface area contributed by atoms with E-state index in [0.29, 0.717) is 24.6 Å². The van der Waals surface area contributed by atoms with Crippen LogP contribution in [0.1, 0.15) is 5.56 Å². The third-order valence-corrected chi connectivity index (χ3v) is 2.40. The van der Waals surface area contributed by atoms with Crippen LogP contribution < -0.4 is 15.4 Å². The number of hydrogen-bond donors (Lipinski definition) is 2. The standard InChI is InChI=1S/C13H18F2N2O3/c1-9-3-4-10(7-11(9)20-8-12(14)15)17-13(18)16-5-6-19-2/h3-4,7,12H,5-6,8H2,1-2H3,(H2,16,17,18). The Balaban J connectivity index is 2.57. The van der Waals surface area contributed by atoms with Crippen molar-refractivity contribution >= 4 is 11.7 Å². The molecule has 1 aromatic rings. The van der Waals surface area contributed by atoms with Gasteiger partial charge >= 0.3 is 6.03 Å². The fourth-order valence-corrected chi connectivity index (χ4v) is 1.43. The van der Waals surface area contributed by atoms with Gasteiger partial charge in [0.15, 0.2) is 0 Å². The summed E-state index contributed by atoms with van der Waals surface area (Å²) in [4.78, 5) is 11.5. The number of carbonyl (C=O) groups is 1. The molecule has 0 saturated carbocycles. The lowest BCUT2D eigenvalue weighted by Gasteiger charge is -2.12. The van der Waals surface area contributed by atoms with Crippen LogP contribution in [0.2, 0.25) is 0 Å². The van der Waals surface area contributed by atoms with E-state index in [9.17, 15) is 13.6 Å². The summed E-state index contributed by atoms with van der Waals surface area (Å²) in [5, 5.41) is 5.16. The van der Waals surface area contributed by atoms with Gasteiger partial charge in [0.25, 0.3) is 6.43 Å². The number of rotatable bonds is 7. The lowest BCUT2D eigenvalue weighted by molar-refractivity contribution is 0.0816. The minimum absolute atomic E-state index is 0.319. The van der Waals surface area contributed by atoms with E-state index in [-0.39, 0.29) is 0 Å². The zero-order valence-corrected chi connectivity index (χ0v) is 11.4. The molecule has 0 aromatic heterocycles. The van der Waals surface area contributed by atoms with Crippen LogP contribution in [0.15, 0.2) is 18.2 Å². The minimum atomic E-state index is -2.54. The van der Waals surface area contributed by atoms with Gasteiger partial charge in [0.05, 0.1) is 6.61 Å². The highest BCUT2D eigenvalue weighted by atomic mass is 19.3. The predicted octanol–water partition coefficient (Wildman–Crippen LogP) is 2.41. The number of halogens is 2. The lowest BCUT2D eigenvalue weighted by Crippen LogP contribution is -2.31. The highest BCUT2D eigenvalue weighted by Crippen LogP contribution is 2.23. The average molecular weight is 288 g/mol. The molecule has 0 aliphatic rings. The summed E-state index contributed by atoms with van der Waals surface area (Å²) < 4.78 is 34.0. The molecule has 2 amide bonds. The first kappa shape index (κ1) is 16.2. The van der Waals surface area contributed by atoms with Crippen LogP contribution in [0.4, 0.5) is 19.3 Å². The highest BCUT2D eigenvalue weighted by molar-refractivity contribution is 5.89. The van der Waals surface area contributed by atoms with Gasteiger partial charge in [0.2, 0.25) is 0 Å². The monoisotopic (exact) mass is 288 g/mol. The minimum Gasteiger partial charge on any atom is -0.487 e. The quantitative estimate of drug-likeness (QED) is 0.757. The summed E-state index contributed by atoms with van der Waals surface area (Å²) in [6.07, 6.45) is -2.54. The lowest BCUT2D eigenvalue weighted by atomic mass is 10.2. The molecule has 0 fully saturated rings. The first-order valence-electron chi connectivity index (χ1n) is 6.08. The maximum absolute atomic E-state index is 12.1. The number of aryl methyl sites for hydroxylation is 1. The van der Waals surface area contributed by atoms with Crippen molar-refractivity contribution in [1.82, 2.24) is 5.32 Å². The summed E-state index contributed by atoms with van der Waals surface area (Å²) in [6, 6.07) is 4.46. The third kappa shape index (κ3) is 5.83.